The first kappa shape index (κ1) is 17.2. The first-order valence-electron chi connectivity index (χ1n) is 8.84. The number of rotatable bonds is 12. The van der Waals surface area contributed by atoms with Crippen molar-refractivity contribution in [3.05, 3.63) is 30.1 Å². The van der Waals surface area contributed by atoms with E-state index in [1.54, 1.807) is 0 Å². The lowest BCUT2D eigenvalue weighted by Crippen LogP contribution is -2.32. The van der Waals surface area contributed by atoms with Gasteiger partial charge in [0.1, 0.15) is 6.54 Å². The zero-order valence-electron chi connectivity index (χ0n) is 13.7. The van der Waals surface area contributed by atoms with E-state index in [4.69, 9.17) is 0 Å². The van der Waals surface area contributed by atoms with Gasteiger partial charge in [0.05, 0.1) is 0 Å². The Morgan fingerprint density at radius 3 is 1.90 bits per heavy atom. The Kier molecular flexibility index (Phi) is 10.3. The van der Waals surface area contributed by atoms with Gasteiger partial charge in [0.2, 0.25) is 0 Å². The summed E-state index contributed by atoms with van der Waals surface area (Å²) in [5.41, 5.74) is 1.50. The normalized spacial score (nSPS) is 10.9. The van der Waals surface area contributed by atoms with E-state index >= 15 is 0 Å². The minimum absolute atomic E-state index is 1.18. The van der Waals surface area contributed by atoms with Gasteiger partial charge >= 0.3 is 0 Å². The van der Waals surface area contributed by atoms with E-state index in [-0.39, 0.29) is 0 Å². The summed E-state index contributed by atoms with van der Waals surface area (Å²) in [7, 11) is 0. The summed E-state index contributed by atoms with van der Waals surface area (Å²) in [6.45, 7) is 5.73. The fraction of sp³-hybridized carbons (Fsp3) is 0.737. The van der Waals surface area contributed by atoms with Gasteiger partial charge in [-0.15, -0.1) is 0 Å². The van der Waals surface area contributed by atoms with E-state index in [1.807, 2.05) is 0 Å². The van der Waals surface area contributed by atoms with Crippen LogP contribution in [0.15, 0.2) is 24.5 Å². The molecule has 1 aromatic rings. The highest BCUT2D eigenvalue weighted by Crippen LogP contribution is 2.07. The minimum atomic E-state index is 1.18. The van der Waals surface area contributed by atoms with Gasteiger partial charge in [-0.3, -0.25) is 0 Å². The standard InChI is InChI=1S/C19H34N/c1-3-5-7-9-10-12-16-20-17-14-19(15-18-20)13-11-8-6-4-2/h14-15,17-18H,3-13,16H2,1-2H3/q+1. The van der Waals surface area contributed by atoms with Crippen molar-refractivity contribution in [3.63, 3.8) is 0 Å². The van der Waals surface area contributed by atoms with Crippen LogP contribution in [0.5, 0.6) is 0 Å². The fourth-order valence-electron chi connectivity index (χ4n) is 2.63. The van der Waals surface area contributed by atoms with Gasteiger partial charge in [-0.05, 0) is 24.8 Å². The molecule has 0 atom stereocenters. The highest BCUT2D eigenvalue weighted by molar-refractivity contribution is 5.07. The molecule has 0 spiro atoms. The summed E-state index contributed by atoms with van der Waals surface area (Å²) in [5.74, 6) is 0. The summed E-state index contributed by atoms with van der Waals surface area (Å²) in [6, 6.07) is 4.62. The van der Waals surface area contributed by atoms with E-state index in [0.29, 0.717) is 0 Å². The fourth-order valence-corrected chi connectivity index (χ4v) is 2.63. The summed E-state index contributed by atoms with van der Waals surface area (Å²) >= 11 is 0. The summed E-state index contributed by atoms with van der Waals surface area (Å²) in [5, 5.41) is 0. The van der Waals surface area contributed by atoms with Gasteiger partial charge in [0, 0.05) is 18.6 Å². The SMILES string of the molecule is CCCCCCCC[n+]1ccc(CCCCCC)cc1. The van der Waals surface area contributed by atoms with E-state index in [2.05, 4.69) is 42.9 Å². The maximum absolute atomic E-state index is 2.34. The van der Waals surface area contributed by atoms with E-state index in [0.717, 1.165) is 0 Å². The molecule has 0 aliphatic rings. The van der Waals surface area contributed by atoms with Crippen LogP contribution in [0.1, 0.15) is 83.6 Å². The smallest absolute Gasteiger partial charge is 0.169 e. The number of nitrogens with zero attached hydrogens (tertiary/aromatic N) is 1. The predicted molar refractivity (Wildman–Crippen MR) is 87.9 cm³/mol. The molecule has 0 bridgehead atoms. The number of hydrogen-bond acceptors (Lipinski definition) is 0. The summed E-state index contributed by atoms with van der Waals surface area (Å²) in [6.07, 6.45) is 19.5. The van der Waals surface area contributed by atoms with Gasteiger partial charge in [0.25, 0.3) is 0 Å². The largest absolute Gasteiger partial charge is 0.205 e. The van der Waals surface area contributed by atoms with E-state index < -0.39 is 0 Å². The van der Waals surface area contributed by atoms with Gasteiger partial charge in [-0.25, -0.2) is 4.57 Å². The second kappa shape index (κ2) is 11.9. The summed E-state index contributed by atoms with van der Waals surface area (Å²) < 4.78 is 2.34. The van der Waals surface area contributed by atoms with Crippen LogP contribution in [0.4, 0.5) is 0 Å². The number of unbranched alkanes of at least 4 members (excludes halogenated alkanes) is 8. The van der Waals surface area contributed by atoms with Crippen molar-refractivity contribution in [3.8, 4) is 0 Å². The van der Waals surface area contributed by atoms with Gasteiger partial charge in [0.15, 0.2) is 12.4 Å². The van der Waals surface area contributed by atoms with Crippen molar-refractivity contribution in [2.24, 2.45) is 0 Å². The predicted octanol–water partition coefficient (Wildman–Crippen LogP) is 5.46. The Morgan fingerprint density at radius 1 is 0.700 bits per heavy atom. The lowest BCUT2D eigenvalue weighted by molar-refractivity contribution is -0.697. The van der Waals surface area contributed by atoms with Crippen LogP contribution in [0.3, 0.4) is 0 Å². The summed E-state index contributed by atoms with van der Waals surface area (Å²) in [4.78, 5) is 0. The monoisotopic (exact) mass is 276 g/mol. The quantitative estimate of drug-likeness (QED) is 0.353. The van der Waals surface area contributed by atoms with Crippen molar-refractivity contribution < 1.29 is 4.57 Å². The third-order valence-electron chi connectivity index (χ3n) is 4.05. The molecule has 1 rings (SSSR count). The van der Waals surface area contributed by atoms with Crippen LogP contribution in [0.2, 0.25) is 0 Å². The molecule has 0 aliphatic heterocycles. The van der Waals surface area contributed by atoms with Gasteiger partial charge in [-0.2, -0.15) is 0 Å². The van der Waals surface area contributed by atoms with Crippen LogP contribution in [0, 0.1) is 0 Å². The molecule has 0 aromatic carbocycles. The Morgan fingerprint density at radius 2 is 1.25 bits per heavy atom. The number of aromatic nitrogens is 1. The molecule has 0 saturated heterocycles. The molecule has 1 heteroatoms. The molecule has 0 amide bonds. The van der Waals surface area contributed by atoms with Crippen molar-refractivity contribution in [2.75, 3.05) is 0 Å². The Bertz CT molecular complexity index is 315. The molecule has 0 radical (unpaired) electrons. The van der Waals surface area contributed by atoms with Crippen LogP contribution >= 0.6 is 0 Å². The Balaban J connectivity index is 2.12. The third-order valence-corrected chi connectivity index (χ3v) is 4.05. The lowest BCUT2D eigenvalue weighted by Gasteiger charge is -2.02. The van der Waals surface area contributed by atoms with Gasteiger partial charge < -0.3 is 0 Å². The highest BCUT2D eigenvalue weighted by Gasteiger charge is 2.01. The minimum Gasteiger partial charge on any atom is -0.205 e. The molecule has 1 nitrogen and oxygen atoms in total. The first-order chi connectivity index (χ1) is 9.86. The van der Waals surface area contributed by atoms with Crippen LogP contribution < -0.4 is 4.57 Å². The van der Waals surface area contributed by atoms with E-state index in [9.17, 15) is 0 Å². The van der Waals surface area contributed by atoms with Crippen molar-refractivity contribution in [2.45, 2.75) is 91.0 Å². The first-order valence-corrected chi connectivity index (χ1v) is 8.84. The second-order valence-corrected chi connectivity index (χ2v) is 6.02. The Hall–Kier alpha value is -0.850. The van der Waals surface area contributed by atoms with E-state index in [1.165, 1.54) is 82.7 Å². The molecule has 0 N–H and O–H groups in total. The maximum atomic E-state index is 2.34. The molecule has 0 fully saturated rings. The molecule has 20 heavy (non-hydrogen) atoms. The maximum Gasteiger partial charge on any atom is 0.169 e. The Labute approximate surface area is 126 Å². The molecule has 0 saturated carbocycles. The van der Waals surface area contributed by atoms with Crippen molar-refractivity contribution >= 4 is 0 Å². The lowest BCUT2D eigenvalue weighted by atomic mass is 10.1. The average Bonchev–Trinajstić information content (AvgIpc) is 2.49. The molecular weight excluding hydrogens is 242 g/mol. The van der Waals surface area contributed by atoms with Crippen molar-refractivity contribution in [1.82, 2.24) is 0 Å². The molecule has 0 unspecified atom stereocenters. The molecule has 0 aliphatic carbocycles. The van der Waals surface area contributed by atoms with Crippen LogP contribution in [-0.4, -0.2) is 0 Å². The van der Waals surface area contributed by atoms with Crippen LogP contribution in [0.25, 0.3) is 0 Å². The molecule has 1 aromatic heterocycles. The average molecular weight is 276 g/mol. The number of hydrogen-bond donors (Lipinski definition) is 0. The molecule has 114 valence electrons. The number of aryl methyl sites for hydroxylation is 2. The zero-order chi connectivity index (χ0) is 14.5. The highest BCUT2D eigenvalue weighted by atomic mass is 14.9. The van der Waals surface area contributed by atoms with Crippen LogP contribution in [-0.2, 0) is 13.0 Å². The molecular formula is C19H34N+. The topological polar surface area (TPSA) is 3.88 Å². The van der Waals surface area contributed by atoms with Gasteiger partial charge in [-0.1, -0.05) is 58.8 Å². The molecule has 1 heterocycles. The van der Waals surface area contributed by atoms with Crippen molar-refractivity contribution in [1.29, 1.82) is 0 Å². The second-order valence-electron chi connectivity index (χ2n) is 6.02. The third kappa shape index (κ3) is 8.35. The number of pyridine rings is 1. The zero-order valence-corrected chi connectivity index (χ0v) is 13.7.